The third-order valence-electron chi connectivity index (χ3n) is 3.52. The van der Waals surface area contributed by atoms with Crippen LogP contribution in [-0.2, 0) is 12.8 Å². The van der Waals surface area contributed by atoms with Crippen molar-refractivity contribution in [2.45, 2.75) is 39.2 Å². The van der Waals surface area contributed by atoms with Crippen LogP contribution in [0.5, 0.6) is 0 Å². The number of aromatic nitrogens is 2. The molecule has 1 saturated heterocycles. The highest BCUT2D eigenvalue weighted by atomic mass is 15.2. The Morgan fingerprint density at radius 1 is 1.44 bits per heavy atom. The normalized spacial score (nSPS) is 21.2. The van der Waals surface area contributed by atoms with Crippen molar-refractivity contribution in [2.24, 2.45) is 0 Å². The molecule has 18 heavy (non-hydrogen) atoms. The first-order valence-corrected chi connectivity index (χ1v) is 6.93. The van der Waals surface area contributed by atoms with Gasteiger partial charge in [-0.05, 0) is 26.5 Å². The van der Waals surface area contributed by atoms with E-state index in [1.807, 2.05) is 0 Å². The molecule has 1 atom stereocenters. The summed E-state index contributed by atoms with van der Waals surface area (Å²) in [5, 5.41) is 3.44. The van der Waals surface area contributed by atoms with Gasteiger partial charge >= 0.3 is 0 Å². The molecule has 0 aliphatic carbocycles. The molecule has 4 heteroatoms. The van der Waals surface area contributed by atoms with Crippen molar-refractivity contribution < 1.29 is 0 Å². The molecule has 100 valence electrons. The number of hydrogen-bond acceptors (Lipinski definition) is 4. The minimum atomic E-state index is 0.523. The fraction of sp³-hybridized carbons (Fsp3) is 0.714. The zero-order valence-electron chi connectivity index (χ0n) is 11.7. The van der Waals surface area contributed by atoms with E-state index < -0.39 is 0 Å². The second-order valence-electron chi connectivity index (χ2n) is 5.21. The van der Waals surface area contributed by atoms with Crippen molar-refractivity contribution in [3.05, 3.63) is 23.3 Å². The second kappa shape index (κ2) is 6.25. The maximum atomic E-state index is 4.69. The molecule has 2 rings (SSSR count). The van der Waals surface area contributed by atoms with E-state index in [2.05, 4.69) is 47.1 Å². The highest BCUT2D eigenvalue weighted by molar-refractivity contribution is 5.11. The number of aryl methyl sites for hydroxylation is 2. The summed E-state index contributed by atoms with van der Waals surface area (Å²) in [7, 11) is 2.19. The standard InChI is InChI=1S/C14H24N4/c1-4-5-12-8-11(2)16-14(17-12)9-13-10-15-6-7-18(13)3/h8,13,15H,4-7,9-10H2,1-3H3. The fourth-order valence-electron chi connectivity index (χ4n) is 2.48. The van der Waals surface area contributed by atoms with Crippen LogP contribution in [0, 0.1) is 6.92 Å². The predicted octanol–water partition coefficient (Wildman–Crippen LogP) is 1.18. The van der Waals surface area contributed by atoms with Gasteiger partial charge in [-0.1, -0.05) is 13.3 Å². The van der Waals surface area contributed by atoms with E-state index in [4.69, 9.17) is 0 Å². The van der Waals surface area contributed by atoms with Crippen LogP contribution in [-0.4, -0.2) is 47.6 Å². The third-order valence-corrected chi connectivity index (χ3v) is 3.52. The molecule has 1 aromatic rings. The molecule has 0 radical (unpaired) electrons. The number of rotatable bonds is 4. The molecule has 0 amide bonds. The Hall–Kier alpha value is -1.00. The van der Waals surface area contributed by atoms with Gasteiger partial charge in [0, 0.05) is 43.5 Å². The molecular formula is C14H24N4. The molecule has 1 N–H and O–H groups in total. The van der Waals surface area contributed by atoms with Crippen molar-refractivity contribution in [3.8, 4) is 0 Å². The predicted molar refractivity (Wildman–Crippen MR) is 73.8 cm³/mol. The van der Waals surface area contributed by atoms with Gasteiger partial charge in [0.1, 0.15) is 5.82 Å². The van der Waals surface area contributed by atoms with Crippen LogP contribution < -0.4 is 5.32 Å². The number of nitrogens with zero attached hydrogens (tertiary/aromatic N) is 3. The molecule has 0 spiro atoms. The average Bonchev–Trinajstić information content (AvgIpc) is 2.32. The van der Waals surface area contributed by atoms with Gasteiger partial charge in [0.25, 0.3) is 0 Å². The topological polar surface area (TPSA) is 41.1 Å². The highest BCUT2D eigenvalue weighted by Crippen LogP contribution is 2.09. The van der Waals surface area contributed by atoms with Crippen LogP contribution in [0.15, 0.2) is 6.07 Å². The van der Waals surface area contributed by atoms with Crippen molar-refractivity contribution in [1.29, 1.82) is 0 Å². The van der Waals surface area contributed by atoms with Crippen LogP contribution in [0.3, 0.4) is 0 Å². The molecule has 0 aromatic carbocycles. The van der Waals surface area contributed by atoms with E-state index in [0.29, 0.717) is 6.04 Å². The van der Waals surface area contributed by atoms with Crippen LogP contribution in [0.1, 0.15) is 30.6 Å². The van der Waals surface area contributed by atoms with E-state index in [-0.39, 0.29) is 0 Å². The first-order valence-electron chi connectivity index (χ1n) is 6.93. The van der Waals surface area contributed by atoms with Crippen molar-refractivity contribution in [2.75, 3.05) is 26.7 Å². The van der Waals surface area contributed by atoms with Gasteiger partial charge in [-0.2, -0.15) is 0 Å². The van der Waals surface area contributed by atoms with E-state index >= 15 is 0 Å². The van der Waals surface area contributed by atoms with E-state index in [0.717, 1.165) is 50.4 Å². The Morgan fingerprint density at radius 3 is 3.00 bits per heavy atom. The van der Waals surface area contributed by atoms with Gasteiger partial charge in [0.2, 0.25) is 0 Å². The summed E-state index contributed by atoms with van der Waals surface area (Å²) in [6.45, 7) is 7.49. The zero-order valence-corrected chi connectivity index (χ0v) is 11.7. The Morgan fingerprint density at radius 2 is 2.28 bits per heavy atom. The smallest absolute Gasteiger partial charge is 0.130 e. The molecule has 1 aliphatic rings. The van der Waals surface area contributed by atoms with Gasteiger partial charge in [-0.3, -0.25) is 0 Å². The van der Waals surface area contributed by atoms with Gasteiger partial charge in [-0.25, -0.2) is 9.97 Å². The van der Waals surface area contributed by atoms with Gasteiger partial charge in [0.05, 0.1) is 0 Å². The zero-order chi connectivity index (χ0) is 13.0. The first-order chi connectivity index (χ1) is 8.69. The average molecular weight is 248 g/mol. The van der Waals surface area contributed by atoms with Crippen molar-refractivity contribution in [1.82, 2.24) is 20.2 Å². The molecule has 1 fully saturated rings. The SMILES string of the molecule is CCCc1cc(C)nc(CC2CNCCN2C)n1. The lowest BCUT2D eigenvalue weighted by atomic mass is 10.1. The summed E-state index contributed by atoms with van der Waals surface area (Å²) in [6.07, 6.45) is 3.14. The van der Waals surface area contributed by atoms with Crippen molar-refractivity contribution >= 4 is 0 Å². The molecule has 0 bridgehead atoms. The lowest BCUT2D eigenvalue weighted by Crippen LogP contribution is -2.50. The minimum Gasteiger partial charge on any atom is -0.314 e. The van der Waals surface area contributed by atoms with Crippen LogP contribution in [0.4, 0.5) is 0 Å². The highest BCUT2D eigenvalue weighted by Gasteiger charge is 2.20. The molecule has 2 heterocycles. The fourth-order valence-corrected chi connectivity index (χ4v) is 2.48. The number of nitrogens with one attached hydrogen (secondary N) is 1. The van der Waals surface area contributed by atoms with E-state index in [1.54, 1.807) is 0 Å². The maximum absolute atomic E-state index is 4.69. The first kappa shape index (κ1) is 13.4. The maximum Gasteiger partial charge on any atom is 0.130 e. The van der Waals surface area contributed by atoms with Crippen LogP contribution >= 0.6 is 0 Å². The van der Waals surface area contributed by atoms with E-state index in [1.165, 1.54) is 5.69 Å². The quantitative estimate of drug-likeness (QED) is 0.869. The van der Waals surface area contributed by atoms with Gasteiger partial charge in [0.15, 0.2) is 0 Å². The molecule has 1 aliphatic heterocycles. The molecule has 1 aromatic heterocycles. The van der Waals surface area contributed by atoms with Crippen LogP contribution in [0.2, 0.25) is 0 Å². The monoisotopic (exact) mass is 248 g/mol. The van der Waals surface area contributed by atoms with Crippen molar-refractivity contribution in [3.63, 3.8) is 0 Å². The molecular weight excluding hydrogens is 224 g/mol. The summed E-state index contributed by atoms with van der Waals surface area (Å²) in [4.78, 5) is 11.7. The Kier molecular flexibility index (Phi) is 4.66. The summed E-state index contributed by atoms with van der Waals surface area (Å²) >= 11 is 0. The molecule has 0 saturated carbocycles. The Balaban J connectivity index is 2.07. The summed E-state index contributed by atoms with van der Waals surface area (Å²) in [5.74, 6) is 0.999. The van der Waals surface area contributed by atoms with Crippen LogP contribution in [0.25, 0.3) is 0 Å². The Bertz CT molecular complexity index is 391. The largest absolute Gasteiger partial charge is 0.314 e. The number of likely N-dealkylation sites (N-methyl/N-ethyl adjacent to an activating group) is 1. The number of hydrogen-bond donors (Lipinski definition) is 1. The minimum absolute atomic E-state index is 0.523. The lowest BCUT2D eigenvalue weighted by molar-refractivity contribution is 0.197. The number of piperazine rings is 1. The van der Waals surface area contributed by atoms with Gasteiger partial charge in [-0.15, -0.1) is 0 Å². The summed E-state index contributed by atoms with van der Waals surface area (Å²) in [6, 6.07) is 2.63. The third kappa shape index (κ3) is 3.50. The lowest BCUT2D eigenvalue weighted by Gasteiger charge is -2.32. The second-order valence-corrected chi connectivity index (χ2v) is 5.21. The molecule has 1 unspecified atom stereocenters. The van der Waals surface area contributed by atoms with Gasteiger partial charge < -0.3 is 10.2 Å². The Labute approximate surface area is 110 Å². The summed E-state index contributed by atoms with van der Waals surface area (Å²) in [5.41, 5.74) is 2.28. The molecule has 4 nitrogen and oxygen atoms in total. The summed E-state index contributed by atoms with van der Waals surface area (Å²) < 4.78 is 0. The van der Waals surface area contributed by atoms with E-state index in [9.17, 15) is 0 Å².